The van der Waals surface area contributed by atoms with E-state index in [-0.39, 0.29) is 6.61 Å². The molecule has 0 saturated heterocycles. The second-order valence-corrected chi connectivity index (χ2v) is 5.68. The van der Waals surface area contributed by atoms with Crippen molar-refractivity contribution in [2.45, 2.75) is 25.6 Å². The molecule has 2 heterocycles. The quantitative estimate of drug-likeness (QED) is 0.643. The average Bonchev–Trinajstić information content (AvgIpc) is 3.10. The van der Waals surface area contributed by atoms with Gasteiger partial charge in [-0.15, -0.1) is 0 Å². The second-order valence-electron chi connectivity index (χ2n) is 5.68. The predicted molar refractivity (Wildman–Crippen MR) is 87.9 cm³/mol. The Balaban J connectivity index is 2.04. The molecule has 1 aliphatic rings. The molecule has 0 bridgehead atoms. The zero-order valence-corrected chi connectivity index (χ0v) is 13.2. The molecule has 1 aromatic heterocycles. The van der Waals surface area contributed by atoms with Crippen molar-refractivity contribution in [2.75, 3.05) is 6.61 Å². The molecule has 25 heavy (non-hydrogen) atoms. The van der Waals surface area contributed by atoms with Gasteiger partial charge in [-0.2, -0.15) is 18.3 Å². The van der Waals surface area contributed by atoms with E-state index in [0.29, 0.717) is 18.5 Å². The van der Waals surface area contributed by atoms with Crippen LogP contribution in [0, 0.1) is 0 Å². The van der Waals surface area contributed by atoms with Crippen molar-refractivity contribution < 1.29 is 23.1 Å². The summed E-state index contributed by atoms with van der Waals surface area (Å²) < 4.78 is 41.0. The van der Waals surface area contributed by atoms with Gasteiger partial charge >= 0.3 is 6.18 Å². The number of carbonyl (C=O) groups excluding carboxylic acids is 1. The lowest BCUT2D eigenvalue weighted by Crippen LogP contribution is -2.24. The van der Waals surface area contributed by atoms with E-state index >= 15 is 0 Å². The van der Waals surface area contributed by atoms with E-state index < -0.39 is 23.4 Å². The van der Waals surface area contributed by atoms with Gasteiger partial charge in [0.2, 0.25) is 0 Å². The number of aliphatic hydroxyl groups excluding tert-OH is 1. The van der Waals surface area contributed by atoms with Crippen LogP contribution in [-0.4, -0.2) is 34.1 Å². The smallest absolute Gasteiger partial charge is 0.396 e. The van der Waals surface area contributed by atoms with Crippen molar-refractivity contribution in [2.24, 2.45) is 5.10 Å². The third-order valence-corrected chi connectivity index (χ3v) is 3.96. The number of amides is 1. The number of fused-ring (bicyclic) bond motifs is 1. The summed E-state index contributed by atoms with van der Waals surface area (Å²) in [5.41, 5.74) is 1.54. The van der Waals surface area contributed by atoms with Crippen LogP contribution >= 0.6 is 0 Å². The van der Waals surface area contributed by atoms with E-state index in [1.165, 1.54) is 6.08 Å². The van der Waals surface area contributed by atoms with E-state index in [4.69, 9.17) is 5.11 Å². The first kappa shape index (κ1) is 17.2. The molecule has 1 aliphatic heterocycles. The van der Waals surface area contributed by atoms with Crippen LogP contribution in [0.25, 0.3) is 17.0 Å². The number of aryl methyl sites for hydroxylation is 1. The molecule has 0 spiro atoms. The van der Waals surface area contributed by atoms with Crippen molar-refractivity contribution in [1.29, 1.82) is 0 Å². The van der Waals surface area contributed by atoms with Gasteiger partial charge in [0.1, 0.15) is 0 Å². The number of aromatic nitrogens is 1. The van der Waals surface area contributed by atoms with E-state index in [9.17, 15) is 18.0 Å². The third kappa shape index (κ3) is 3.43. The van der Waals surface area contributed by atoms with Gasteiger partial charge in [-0.3, -0.25) is 4.79 Å². The predicted octanol–water partition coefficient (Wildman–Crippen LogP) is 2.85. The summed E-state index contributed by atoms with van der Waals surface area (Å²) in [5, 5.41) is 12.8. The number of unbranched alkanes of at least 4 members (excludes halogenated alkanes) is 1. The number of halogens is 3. The van der Waals surface area contributed by atoms with Crippen LogP contribution in [-0.2, 0) is 11.3 Å². The number of hydrogen-bond acceptors (Lipinski definition) is 3. The molecule has 1 amide bonds. The lowest BCUT2D eigenvalue weighted by molar-refractivity contribution is -0.116. The SMILES string of the molecule is O=C1NN=C(C(F)(F)F)C1=Cc1cn(CCCCO)c2ccccc12. The molecule has 0 atom stereocenters. The maximum Gasteiger partial charge on any atom is 0.435 e. The normalized spacial score (nSPS) is 16.6. The number of alkyl halides is 3. The van der Waals surface area contributed by atoms with Crippen LogP contribution in [0.4, 0.5) is 13.2 Å². The van der Waals surface area contributed by atoms with Crippen molar-refractivity contribution in [3.63, 3.8) is 0 Å². The van der Waals surface area contributed by atoms with Gasteiger partial charge in [0, 0.05) is 35.8 Å². The maximum atomic E-state index is 13.0. The van der Waals surface area contributed by atoms with Crippen LogP contribution < -0.4 is 5.43 Å². The number of rotatable bonds is 5. The number of nitrogens with zero attached hydrogens (tertiary/aromatic N) is 2. The monoisotopic (exact) mass is 351 g/mol. The second kappa shape index (κ2) is 6.72. The minimum Gasteiger partial charge on any atom is -0.396 e. The summed E-state index contributed by atoms with van der Waals surface area (Å²) in [7, 11) is 0. The number of aliphatic hydroxyl groups is 1. The molecular formula is C17H16F3N3O2. The van der Waals surface area contributed by atoms with Gasteiger partial charge in [-0.1, -0.05) is 18.2 Å². The molecule has 5 nitrogen and oxygen atoms in total. The Bertz CT molecular complexity index is 866. The fourth-order valence-corrected chi connectivity index (χ4v) is 2.81. The minimum absolute atomic E-state index is 0.0850. The van der Waals surface area contributed by atoms with Crippen molar-refractivity contribution in [1.82, 2.24) is 9.99 Å². The molecule has 2 aromatic rings. The Kier molecular flexibility index (Phi) is 4.63. The molecule has 2 N–H and O–H groups in total. The summed E-state index contributed by atoms with van der Waals surface area (Å²) in [4.78, 5) is 11.8. The topological polar surface area (TPSA) is 66.6 Å². The zero-order valence-electron chi connectivity index (χ0n) is 13.2. The van der Waals surface area contributed by atoms with Crippen LogP contribution in [0.3, 0.4) is 0 Å². The summed E-state index contributed by atoms with van der Waals surface area (Å²) in [6, 6.07) is 7.29. The Labute approximate surface area is 141 Å². The van der Waals surface area contributed by atoms with E-state index in [1.807, 2.05) is 22.1 Å². The van der Waals surface area contributed by atoms with Crippen LogP contribution in [0.5, 0.6) is 0 Å². The first-order valence-corrected chi connectivity index (χ1v) is 7.78. The van der Waals surface area contributed by atoms with Crippen LogP contribution in [0.2, 0.25) is 0 Å². The molecule has 0 saturated carbocycles. The van der Waals surface area contributed by atoms with Crippen LogP contribution in [0.15, 0.2) is 41.1 Å². The maximum absolute atomic E-state index is 13.0. The average molecular weight is 351 g/mol. The highest BCUT2D eigenvalue weighted by atomic mass is 19.4. The third-order valence-electron chi connectivity index (χ3n) is 3.96. The number of benzene rings is 1. The first-order valence-electron chi connectivity index (χ1n) is 7.78. The molecule has 3 rings (SSSR count). The molecule has 132 valence electrons. The van der Waals surface area contributed by atoms with Crippen LogP contribution in [0.1, 0.15) is 18.4 Å². The lowest BCUT2D eigenvalue weighted by Gasteiger charge is -2.05. The lowest BCUT2D eigenvalue weighted by atomic mass is 10.1. The Morgan fingerprint density at radius 3 is 2.72 bits per heavy atom. The zero-order chi connectivity index (χ0) is 18.0. The number of nitrogens with one attached hydrogen (secondary N) is 1. The molecular weight excluding hydrogens is 335 g/mol. The van der Waals surface area contributed by atoms with Gasteiger partial charge in [0.25, 0.3) is 5.91 Å². The summed E-state index contributed by atoms with van der Waals surface area (Å²) >= 11 is 0. The largest absolute Gasteiger partial charge is 0.435 e. The molecule has 1 aromatic carbocycles. The number of carbonyl (C=O) groups is 1. The van der Waals surface area contributed by atoms with Crippen molar-refractivity contribution in [3.05, 3.63) is 41.6 Å². The van der Waals surface area contributed by atoms with Gasteiger partial charge in [-0.05, 0) is 25.0 Å². The van der Waals surface area contributed by atoms with Gasteiger partial charge in [0.15, 0.2) is 5.71 Å². The Morgan fingerprint density at radius 1 is 1.24 bits per heavy atom. The van der Waals surface area contributed by atoms with E-state index in [1.54, 1.807) is 18.3 Å². The van der Waals surface area contributed by atoms with E-state index in [0.717, 1.165) is 17.3 Å². The van der Waals surface area contributed by atoms with Gasteiger partial charge in [-0.25, -0.2) is 5.43 Å². The molecule has 0 fully saturated rings. The molecule has 0 radical (unpaired) electrons. The highest BCUT2D eigenvalue weighted by molar-refractivity contribution is 6.29. The first-order chi connectivity index (χ1) is 11.9. The summed E-state index contributed by atoms with van der Waals surface area (Å²) in [6.07, 6.45) is -0.393. The highest BCUT2D eigenvalue weighted by Crippen LogP contribution is 2.29. The van der Waals surface area contributed by atoms with Crippen molar-refractivity contribution >= 4 is 28.6 Å². The fourth-order valence-electron chi connectivity index (χ4n) is 2.81. The Hall–Kier alpha value is -2.61. The molecule has 0 unspecified atom stereocenters. The van der Waals surface area contributed by atoms with Gasteiger partial charge in [0.05, 0.1) is 5.57 Å². The fraction of sp³-hybridized carbons (Fsp3) is 0.294. The van der Waals surface area contributed by atoms with Crippen molar-refractivity contribution in [3.8, 4) is 0 Å². The van der Waals surface area contributed by atoms with Gasteiger partial charge < -0.3 is 9.67 Å². The summed E-state index contributed by atoms with van der Waals surface area (Å²) in [6.45, 7) is 0.707. The number of para-hydroxylation sites is 1. The molecule has 0 aliphatic carbocycles. The summed E-state index contributed by atoms with van der Waals surface area (Å²) in [5.74, 6) is -0.871. The minimum atomic E-state index is -4.70. The standard InChI is InChI=1S/C17H16F3N3O2/c18-17(19,20)15-13(16(25)22-21-15)9-11-10-23(7-3-4-8-24)14-6-2-1-5-12(11)14/h1-2,5-6,9-10,24H,3-4,7-8H2,(H,22,25). The Morgan fingerprint density at radius 2 is 2.00 bits per heavy atom. The number of hydrazone groups is 1. The molecule has 8 heteroatoms. The number of hydrogen-bond donors (Lipinski definition) is 2. The van der Waals surface area contributed by atoms with E-state index in [2.05, 4.69) is 5.10 Å². The highest BCUT2D eigenvalue weighted by Gasteiger charge is 2.43.